The molecule has 0 spiro atoms. The van der Waals surface area contributed by atoms with Gasteiger partial charge in [0.15, 0.2) is 5.69 Å². The van der Waals surface area contributed by atoms with E-state index in [4.69, 9.17) is 5.73 Å². The van der Waals surface area contributed by atoms with Gasteiger partial charge in [-0.2, -0.15) is 5.10 Å². The van der Waals surface area contributed by atoms with Crippen LogP contribution in [0.25, 0.3) is 5.69 Å². The fourth-order valence-corrected chi connectivity index (χ4v) is 3.29. The smallest absolute Gasteiger partial charge is 0.276 e. The van der Waals surface area contributed by atoms with E-state index in [9.17, 15) is 4.79 Å². The molecule has 3 N–H and O–H groups in total. The topological polar surface area (TPSA) is 85.8 Å². The number of hydrogen-bond acceptors (Lipinski definition) is 4. The SMILES string of the molecule is Cc1ccccc1-n1nc(C(=O)Nc2ccc(N)nc2)c2c1CCC2. The molecule has 2 aromatic heterocycles. The molecule has 3 aromatic rings. The van der Waals surface area contributed by atoms with Crippen LogP contribution in [0.3, 0.4) is 0 Å². The Hall–Kier alpha value is -3.15. The van der Waals surface area contributed by atoms with Crippen LogP contribution in [0.4, 0.5) is 11.5 Å². The van der Waals surface area contributed by atoms with E-state index in [-0.39, 0.29) is 5.91 Å². The third-order valence-corrected chi connectivity index (χ3v) is 4.53. The van der Waals surface area contributed by atoms with Gasteiger partial charge in [0.05, 0.1) is 17.6 Å². The van der Waals surface area contributed by atoms with Crippen molar-refractivity contribution in [3.63, 3.8) is 0 Å². The third kappa shape index (κ3) is 2.76. The number of pyridine rings is 1. The van der Waals surface area contributed by atoms with Gasteiger partial charge in [-0.1, -0.05) is 18.2 Å². The number of amides is 1. The predicted octanol–water partition coefficient (Wildman–Crippen LogP) is 2.90. The monoisotopic (exact) mass is 333 g/mol. The summed E-state index contributed by atoms with van der Waals surface area (Å²) in [5.74, 6) is 0.208. The molecule has 0 atom stereocenters. The van der Waals surface area contributed by atoms with Crippen LogP contribution >= 0.6 is 0 Å². The normalized spacial score (nSPS) is 12.8. The molecule has 0 fully saturated rings. The maximum Gasteiger partial charge on any atom is 0.276 e. The Morgan fingerprint density at radius 3 is 2.80 bits per heavy atom. The van der Waals surface area contributed by atoms with Crippen molar-refractivity contribution < 1.29 is 4.79 Å². The van der Waals surface area contributed by atoms with E-state index in [1.165, 1.54) is 0 Å². The van der Waals surface area contributed by atoms with Crippen molar-refractivity contribution in [2.45, 2.75) is 26.2 Å². The first-order valence-corrected chi connectivity index (χ1v) is 8.33. The zero-order valence-corrected chi connectivity index (χ0v) is 14.0. The Bertz CT molecular complexity index is 943. The second-order valence-corrected chi connectivity index (χ2v) is 6.25. The van der Waals surface area contributed by atoms with Crippen LogP contribution in [0.1, 0.15) is 33.7 Å². The molecule has 6 nitrogen and oxygen atoms in total. The maximum atomic E-state index is 12.7. The van der Waals surface area contributed by atoms with E-state index in [0.29, 0.717) is 17.2 Å². The molecule has 126 valence electrons. The van der Waals surface area contributed by atoms with Gasteiger partial charge in [-0.3, -0.25) is 4.79 Å². The molecule has 0 saturated carbocycles. The highest BCUT2D eigenvalue weighted by atomic mass is 16.2. The second kappa shape index (κ2) is 6.05. The summed E-state index contributed by atoms with van der Waals surface area (Å²) >= 11 is 0. The highest BCUT2D eigenvalue weighted by molar-refractivity contribution is 6.04. The van der Waals surface area contributed by atoms with E-state index in [1.54, 1.807) is 18.3 Å². The van der Waals surface area contributed by atoms with Gasteiger partial charge >= 0.3 is 0 Å². The molecule has 1 aliphatic carbocycles. The van der Waals surface area contributed by atoms with Crippen LogP contribution in [0.5, 0.6) is 0 Å². The molecule has 1 amide bonds. The second-order valence-electron chi connectivity index (χ2n) is 6.25. The molecule has 1 aromatic carbocycles. The first-order valence-electron chi connectivity index (χ1n) is 8.33. The van der Waals surface area contributed by atoms with Crippen LogP contribution in [0, 0.1) is 6.92 Å². The summed E-state index contributed by atoms with van der Waals surface area (Å²) in [7, 11) is 0. The quantitative estimate of drug-likeness (QED) is 0.772. The van der Waals surface area contributed by atoms with Gasteiger partial charge in [0.1, 0.15) is 5.82 Å². The highest BCUT2D eigenvalue weighted by Gasteiger charge is 2.27. The summed E-state index contributed by atoms with van der Waals surface area (Å²) in [6, 6.07) is 11.5. The summed E-state index contributed by atoms with van der Waals surface area (Å²) < 4.78 is 1.92. The summed E-state index contributed by atoms with van der Waals surface area (Å²) in [6.45, 7) is 2.05. The van der Waals surface area contributed by atoms with Crippen LogP contribution in [-0.4, -0.2) is 20.7 Å². The van der Waals surface area contributed by atoms with Gasteiger partial charge in [-0.15, -0.1) is 0 Å². The van der Waals surface area contributed by atoms with Gasteiger partial charge in [0.25, 0.3) is 5.91 Å². The van der Waals surface area contributed by atoms with Crippen LogP contribution in [0.15, 0.2) is 42.6 Å². The summed E-state index contributed by atoms with van der Waals surface area (Å²) in [4.78, 5) is 16.7. The molecule has 6 heteroatoms. The van der Waals surface area contributed by atoms with Gasteiger partial charge in [0.2, 0.25) is 0 Å². The molecule has 0 saturated heterocycles. The number of nitrogens with one attached hydrogen (secondary N) is 1. The first-order chi connectivity index (χ1) is 12.1. The number of carbonyl (C=O) groups is 1. The fourth-order valence-electron chi connectivity index (χ4n) is 3.29. The van der Waals surface area contributed by atoms with E-state index < -0.39 is 0 Å². The van der Waals surface area contributed by atoms with Gasteiger partial charge < -0.3 is 11.1 Å². The minimum absolute atomic E-state index is 0.211. The molecule has 1 aliphatic rings. The number of fused-ring (bicyclic) bond motifs is 1. The number of benzene rings is 1. The summed E-state index contributed by atoms with van der Waals surface area (Å²) in [5, 5.41) is 7.50. The molecule has 0 radical (unpaired) electrons. The van der Waals surface area contributed by atoms with Crippen LogP contribution < -0.4 is 11.1 Å². The lowest BCUT2D eigenvalue weighted by Crippen LogP contribution is -2.15. The number of aromatic nitrogens is 3. The van der Waals surface area contributed by atoms with Crippen molar-refractivity contribution in [3.8, 4) is 5.69 Å². The molecule has 0 unspecified atom stereocenters. The molecule has 25 heavy (non-hydrogen) atoms. The standard InChI is InChI=1S/C19H19N5O/c1-12-5-2-3-7-15(12)24-16-8-4-6-14(16)18(23-24)19(25)22-13-9-10-17(20)21-11-13/h2-3,5,7,9-11H,4,6,8H2,1H3,(H2,20,21)(H,22,25). The Morgan fingerprint density at radius 2 is 2.04 bits per heavy atom. The lowest BCUT2D eigenvalue weighted by atomic mass is 10.1. The number of anilines is 2. The number of carbonyl (C=O) groups excluding carboxylic acids is 1. The van der Waals surface area contributed by atoms with Gasteiger partial charge in [0, 0.05) is 11.3 Å². The van der Waals surface area contributed by atoms with Crippen molar-refractivity contribution in [1.29, 1.82) is 0 Å². The third-order valence-electron chi connectivity index (χ3n) is 4.53. The molecular weight excluding hydrogens is 314 g/mol. The number of nitrogen functional groups attached to an aromatic ring is 1. The van der Waals surface area contributed by atoms with Gasteiger partial charge in [-0.25, -0.2) is 9.67 Å². The average Bonchev–Trinajstić information content (AvgIpc) is 3.20. The minimum atomic E-state index is -0.211. The van der Waals surface area contributed by atoms with Gasteiger partial charge in [-0.05, 0) is 49.9 Å². The van der Waals surface area contributed by atoms with E-state index in [2.05, 4.69) is 28.4 Å². The maximum absolute atomic E-state index is 12.7. The van der Waals surface area contributed by atoms with Crippen molar-refractivity contribution in [2.75, 3.05) is 11.1 Å². The summed E-state index contributed by atoms with van der Waals surface area (Å²) in [6.07, 6.45) is 4.41. The van der Waals surface area contributed by atoms with Crippen molar-refractivity contribution in [1.82, 2.24) is 14.8 Å². The first kappa shape index (κ1) is 15.4. The number of para-hydroxylation sites is 1. The lowest BCUT2D eigenvalue weighted by Gasteiger charge is -2.08. The van der Waals surface area contributed by atoms with Crippen molar-refractivity contribution >= 4 is 17.4 Å². The predicted molar refractivity (Wildman–Crippen MR) is 96.9 cm³/mol. The van der Waals surface area contributed by atoms with E-state index in [0.717, 1.165) is 41.8 Å². The van der Waals surface area contributed by atoms with Crippen LogP contribution in [0.2, 0.25) is 0 Å². The number of rotatable bonds is 3. The largest absolute Gasteiger partial charge is 0.384 e. The Kier molecular flexibility index (Phi) is 3.72. The number of nitrogens with zero attached hydrogens (tertiary/aromatic N) is 3. The Balaban J connectivity index is 1.71. The highest BCUT2D eigenvalue weighted by Crippen LogP contribution is 2.29. The number of aryl methyl sites for hydroxylation is 1. The average molecular weight is 333 g/mol. The molecule has 0 aliphatic heterocycles. The zero-order chi connectivity index (χ0) is 17.4. The number of nitrogens with two attached hydrogens (primary N) is 1. The van der Waals surface area contributed by atoms with E-state index >= 15 is 0 Å². The van der Waals surface area contributed by atoms with Crippen molar-refractivity contribution in [3.05, 3.63) is 65.1 Å². The minimum Gasteiger partial charge on any atom is -0.384 e. The zero-order valence-electron chi connectivity index (χ0n) is 14.0. The van der Waals surface area contributed by atoms with Crippen molar-refractivity contribution in [2.24, 2.45) is 0 Å². The van der Waals surface area contributed by atoms with Crippen LogP contribution in [-0.2, 0) is 12.8 Å². The summed E-state index contributed by atoms with van der Waals surface area (Å²) in [5.41, 5.74) is 11.0. The Morgan fingerprint density at radius 1 is 1.20 bits per heavy atom. The Labute approximate surface area is 145 Å². The molecule has 4 rings (SSSR count). The lowest BCUT2D eigenvalue weighted by molar-refractivity contribution is 0.102. The molecule has 0 bridgehead atoms. The fraction of sp³-hybridized carbons (Fsp3) is 0.211. The molecule has 2 heterocycles. The molecular formula is C19H19N5O. The number of hydrogen-bond donors (Lipinski definition) is 2. The van der Waals surface area contributed by atoms with E-state index in [1.807, 2.05) is 22.9 Å².